The molecule has 0 saturated carbocycles. The SMILES string of the molecule is COC(=O)c1ccc(-n2cccc2[C@H]2[C@@H](c3ccccn3)NC(=S)N2c2cccc(C)c2)cc1. The molecule has 1 fully saturated rings. The highest BCUT2D eigenvalue weighted by Gasteiger charge is 2.42. The van der Waals surface area contributed by atoms with Crippen molar-refractivity contribution in [3.05, 3.63) is 114 Å². The van der Waals surface area contributed by atoms with Crippen molar-refractivity contribution in [1.29, 1.82) is 0 Å². The maximum Gasteiger partial charge on any atom is 0.337 e. The largest absolute Gasteiger partial charge is 0.465 e. The summed E-state index contributed by atoms with van der Waals surface area (Å²) in [5, 5.41) is 4.16. The summed E-state index contributed by atoms with van der Waals surface area (Å²) in [6.45, 7) is 2.08. The number of rotatable bonds is 5. The first-order valence-electron chi connectivity index (χ1n) is 11.0. The molecule has 34 heavy (non-hydrogen) atoms. The number of carbonyl (C=O) groups is 1. The molecule has 0 amide bonds. The smallest absolute Gasteiger partial charge is 0.337 e. The molecule has 1 aliphatic heterocycles. The first-order chi connectivity index (χ1) is 16.6. The lowest BCUT2D eigenvalue weighted by Gasteiger charge is -2.29. The van der Waals surface area contributed by atoms with Gasteiger partial charge < -0.3 is 19.5 Å². The van der Waals surface area contributed by atoms with Gasteiger partial charge in [0.15, 0.2) is 5.11 Å². The van der Waals surface area contributed by atoms with Gasteiger partial charge in [0.05, 0.1) is 24.4 Å². The second-order valence-electron chi connectivity index (χ2n) is 8.18. The highest BCUT2D eigenvalue weighted by molar-refractivity contribution is 7.80. The molecule has 0 unspecified atom stereocenters. The van der Waals surface area contributed by atoms with Crippen molar-refractivity contribution in [1.82, 2.24) is 14.9 Å². The summed E-state index contributed by atoms with van der Waals surface area (Å²) in [5.41, 5.74) is 5.60. The van der Waals surface area contributed by atoms with Gasteiger partial charge in [-0.25, -0.2) is 4.79 Å². The number of esters is 1. The Labute approximate surface area is 203 Å². The fourth-order valence-corrected chi connectivity index (χ4v) is 4.80. The van der Waals surface area contributed by atoms with Crippen molar-refractivity contribution in [3.8, 4) is 5.69 Å². The van der Waals surface area contributed by atoms with Crippen LogP contribution in [-0.2, 0) is 4.74 Å². The van der Waals surface area contributed by atoms with Crippen LogP contribution in [0.5, 0.6) is 0 Å². The molecule has 2 aromatic heterocycles. The lowest BCUT2D eigenvalue weighted by Crippen LogP contribution is -2.30. The maximum absolute atomic E-state index is 11.9. The van der Waals surface area contributed by atoms with Crippen LogP contribution in [0.2, 0.25) is 0 Å². The maximum atomic E-state index is 11.9. The summed E-state index contributed by atoms with van der Waals surface area (Å²) >= 11 is 5.84. The molecule has 0 radical (unpaired) electrons. The van der Waals surface area contributed by atoms with Crippen LogP contribution >= 0.6 is 12.2 Å². The lowest BCUT2D eigenvalue weighted by molar-refractivity contribution is 0.0600. The van der Waals surface area contributed by atoms with Crippen LogP contribution < -0.4 is 10.2 Å². The van der Waals surface area contributed by atoms with E-state index in [0.29, 0.717) is 10.7 Å². The second kappa shape index (κ2) is 9.11. The van der Waals surface area contributed by atoms with Crippen molar-refractivity contribution < 1.29 is 9.53 Å². The molecule has 3 heterocycles. The monoisotopic (exact) mass is 468 g/mol. The minimum Gasteiger partial charge on any atom is -0.465 e. The number of nitrogens with zero attached hydrogens (tertiary/aromatic N) is 3. The van der Waals surface area contributed by atoms with Gasteiger partial charge in [-0.3, -0.25) is 4.98 Å². The average molecular weight is 469 g/mol. The summed E-state index contributed by atoms with van der Waals surface area (Å²) in [5.74, 6) is -0.356. The minimum atomic E-state index is -0.356. The fraction of sp³-hybridized carbons (Fsp3) is 0.148. The van der Waals surface area contributed by atoms with E-state index in [1.807, 2.05) is 48.7 Å². The first kappa shape index (κ1) is 21.9. The van der Waals surface area contributed by atoms with Crippen molar-refractivity contribution in [3.63, 3.8) is 0 Å². The van der Waals surface area contributed by atoms with E-state index in [1.54, 1.807) is 18.3 Å². The van der Waals surface area contributed by atoms with Crippen LogP contribution in [0, 0.1) is 6.92 Å². The molecule has 4 aromatic rings. The van der Waals surface area contributed by atoms with E-state index in [2.05, 4.69) is 51.0 Å². The Morgan fingerprint density at radius 2 is 1.82 bits per heavy atom. The van der Waals surface area contributed by atoms with Gasteiger partial charge in [-0.15, -0.1) is 0 Å². The zero-order chi connectivity index (χ0) is 23.7. The number of thiocarbonyl (C=S) groups is 1. The van der Waals surface area contributed by atoms with Gasteiger partial charge in [0.25, 0.3) is 0 Å². The average Bonchev–Trinajstić information content (AvgIpc) is 3.48. The Hall–Kier alpha value is -3.97. The van der Waals surface area contributed by atoms with E-state index in [1.165, 1.54) is 7.11 Å². The van der Waals surface area contributed by atoms with Crippen LogP contribution in [0.4, 0.5) is 5.69 Å². The predicted molar refractivity (Wildman–Crippen MR) is 136 cm³/mol. The molecule has 1 N–H and O–H groups in total. The number of carbonyl (C=O) groups excluding carboxylic acids is 1. The molecule has 170 valence electrons. The van der Waals surface area contributed by atoms with Gasteiger partial charge in [-0.2, -0.15) is 0 Å². The third-order valence-electron chi connectivity index (χ3n) is 6.03. The molecule has 1 saturated heterocycles. The van der Waals surface area contributed by atoms with E-state index in [4.69, 9.17) is 17.0 Å². The zero-order valence-electron chi connectivity index (χ0n) is 18.9. The summed E-state index contributed by atoms with van der Waals surface area (Å²) < 4.78 is 6.96. The summed E-state index contributed by atoms with van der Waals surface area (Å²) in [4.78, 5) is 18.7. The number of methoxy groups -OCH3 is 1. The van der Waals surface area contributed by atoms with Gasteiger partial charge >= 0.3 is 5.97 Å². The second-order valence-corrected chi connectivity index (χ2v) is 8.56. The molecule has 6 nitrogen and oxygen atoms in total. The summed E-state index contributed by atoms with van der Waals surface area (Å²) in [6, 6.07) is 25.5. The van der Waals surface area contributed by atoms with Crippen LogP contribution in [0.15, 0.2) is 91.3 Å². The molecule has 5 rings (SSSR count). The molecular weight excluding hydrogens is 444 g/mol. The number of nitrogens with one attached hydrogen (secondary N) is 1. The Morgan fingerprint density at radius 3 is 2.53 bits per heavy atom. The number of ether oxygens (including phenoxy) is 1. The van der Waals surface area contributed by atoms with Gasteiger partial charge in [-0.1, -0.05) is 18.2 Å². The van der Waals surface area contributed by atoms with Crippen molar-refractivity contribution in [2.24, 2.45) is 0 Å². The third-order valence-corrected chi connectivity index (χ3v) is 6.34. The quantitative estimate of drug-likeness (QED) is 0.323. The number of aryl methyl sites for hydroxylation is 1. The van der Waals surface area contributed by atoms with E-state index < -0.39 is 0 Å². The van der Waals surface area contributed by atoms with Crippen molar-refractivity contribution in [2.45, 2.75) is 19.0 Å². The molecule has 2 aromatic carbocycles. The van der Waals surface area contributed by atoms with E-state index in [-0.39, 0.29) is 18.1 Å². The number of anilines is 1. The normalized spacial score (nSPS) is 17.5. The molecule has 7 heteroatoms. The molecular formula is C27H24N4O2S. The topological polar surface area (TPSA) is 59.4 Å². The van der Waals surface area contributed by atoms with E-state index in [9.17, 15) is 4.79 Å². The molecule has 0 aliphatic carbocycles. The Balaban J connectivity index is 1.62. The standard InChI is InChI=1S/C27H24N4O2S/c1-18-7-5-8-21(17-18)31-25(24(29-27(31)34)22-9-3-4-15-28-22)23-10-6-16-30(23)20-13-11-19(12-14-20)26(32)33-2/h3-17,24-25H,1-2H3,(H,29,34)/t24-,25+/m1/s1. The third kappa shape index (κ3) is 3.95. The Bertz CT molecular complexity index is 1330. The molecule has 0 spiro atoms. The first-order valence-corrected chi connectivity index (χ1v) is 11.4. The van der Waals surface area contributed by atoms with Crippen molar-refractivity contribution in [2.75, 3.05) is 12.0 Å². The van der Waals surface area contributed by atoms with Crippen molar-refractivity contribution >= 4 is 29.0 Å². The molecule has 2 atom stereocenters. The van der Waals surface area contributed by atoms with Crippen LogP contribution in [-0.4, -0.2) is 27.7 Å². The summed E-state index contributed by atoms with van der Waals surface area (Å²) in [7, 11) is 1.38. The molecule has 1 aliphatic rings. The predicted octanol–water partition coefficient (Wildman–Crippen LogP) is 5.14. The van der Waals surface area contributed by atoms with Gasteiger partial charge in [0.2, 0.25) is 0 Å². The Kier molecular flexibility index (Phi) is 5.86. The van der Waals surface area contributed by atoms with Crippen LogP contribution in [0.25, 0.3) is 5.69 Å². The highest BCUT2D eigenvalue weighted by Crippen LogP contribution is 2.42. The minimum absolute atomic E-state index is 0.139. The van der Waals surface area contributed by atoms with Gasteiger partial charge in [0, 0.05) is 29.5 Å². The highest BCUT2D eigenvalue weighted by atomic mass is 32.1. The number of hydrogen-bond donors (Lipinski definition) is 1. The van der Waals surface area contributed by atoms with E-state index >= 15 is 0 Å². The molecule has 0 bridgehead atoms. The van der Waals surface area contributed by atoms with E-state index in [0.717, 1.165) is 28.3 Å². The fourth-order valence-electron chi connectivity index (χ4n) is 4.46. The zero-order valence-corrected chi connectivity index (χ0v) is 19.7. The number of pyridine rings is 1. The number of aromatic nitrogens is 2. The lowest BCUT2D eigenvalue weighted by atomic mass is 10.0. The Morgan fingerprint density at radius 1 is 1.00 bits per heavy atom. The summed E-state index contributed by atoms with van der Waals surface area (Å²) in [6.07, 6.45) is 3.82. The van der Waals surface area contributed by atoms with Crippen LogP contribution in [0.3, 0.4) is 0 Å². The number of benzene rings is 2. The van der Waals surface area contributed by atoms with Crippen LogP contribution in [0.1, 0.15) is 39.4 Å². The van der Waals surface area contributed by atoms with Gasteiger partial charge in [0.1, 0.15) is 6.04 Å². The number of hydrogen-bond acceptors (Lipinski definition) is 4. The van der Waals surface area contributed by atoms with Gasteiger partial charge in [-0.05, 0) is 85.4 Å².